The van der Waals surface area contributed by atoms with Gasteiger partial charge in [-0.1, -0.05) is 29.8 Å². The second kappa shape index (κ2) is 10.4. The average molecular weight is 439 g/mol. The number of hydrogen-bond acceptors (Lipinski definition) is 6. The number of amides is 2. The smallest absolute Gasteiger partial charge is 0.413 e. The van der Waals surface area contributed by atoms with Gasteiger partial charge in [0.2, 0.25) is 12.2 Å². The van der Waals surface area contributed by atoms with Gasteiger partial charge in [0, 0.05) is 44.4 Å². The van der Waals surface area contributed by atoms with Crippen LogP contribution < -0.4 is 5.32 Å². The van der Waals surface area contributed by atoms with E-state index in [0.29, 0.717) is 23.4 Å². The zero-order valence-corrected chi connectivity index (χ0v) is 18.2. The topological polar surface area (TPSA) is 102 Å². The first kappa shape index (κ1) is 23.7. The molecule has 0 spiro atoms. The highest BCUT2D eigenvalue weighted by atomic mass is 35.5. The molecule has 2 atom stereocenters. The molecule has 1 aromatic rings. The first-order chi connectivity index (χ1) is 14.2. The van der Waals surface area contributed by atoms with Crippen molar-refractivity contribution in [1.82, 2.24) is 10.2 Å². The fourth-order valence-corrected chi connectivity index (χ4v) is 3.91. The molecule has 164 valence electrons. The zero-order chi connectivity index (χ0) is 22.3. The predicted octanol–water partition coefficient (Wildman–Crippen LogP) is 3.16. The molecular formula is C21H27ClN2O6. The van der Waals surface area contributed by atoms with Crippen molar-refractivity contribution in [2.45, 2.75) is 57.8 Å². The van der Waals surface area contributed by atoms with Crippen LogP contribution in [0.3, 0.4) is 0 Å². The van der Waals surface area contributed by atoms with Crippen molar-refractivity contribution in [2.24, 2.45) is 0 Å². The molecule has 2 amide bonds. The minimum absolute atomic E-state index is 0.0562. The molecule has 30 heavy (non-hydrogen) atoms. The normalized spacial score (nSPS) is 19.5. The predicted molar refractivity (Wildman–Crippen MR) is 110 cm³/mol. The molecule has 0 aliphatic heterocycles. The van der Waals surface area contributed by atoms with E-state index in [9.17, 15) is 19.2 Å². The standard InChI is InChI=1S/C21H27ClN2O6/c1-14(25)23-13-11-19(27)29-15(2)30-20(28)24(3)21(12-7-6-10-18(21)26)16-8-4-5-9-17(16)22/h4-5,8-9,15H,6-7,10-13H2,1-3H3,(H,23,25)/t15?,21-/m0/s1. The fourth-order valence-electron chi connectivity index (χ4n) is 3.62. The molecule has 1 aliphatic carbocycles. The molecule has 1 unspecified atom stereocenters. The first-order valence-electron chi connectivity index (χ1n) is 9.85. The summed E-state index contributed by atoms with van der Waals surface area (Å²) in [6, 6.07) is 6.94. The summed E-state index contributed by atoms with van der Waals surface area (Å²) < 4.78 is 10.3. The van der Waals surface area contributed by atoms with E-state index in [4.69, 9.17) is 21.1 Å². The minimum Gasteiger partial charge on any atom is -0.425 e. The lowest BCUT2D eigenvalue weighted by molar-refractivity contribution is -0.167. The van der Waals surface area contributed by atoms with Crippen molar-refractivity contribution in [3.63, 3.8) is 0 Å². The summed E-state index contributed by atoms with van der Waals surface area (Å²) in [7, 11) is 1.49. The van der Waals surface area contributed by atoms with Crippen LogP contribution in [0.25, 0.3) is 0 Å². The van der Waals surface area contributed by atoms with Gasteiger partial charge in [-0.2, -0.15) is 0 Å². The van der Waals surface area contributed by atoms with Gasteiger partial charge in [-0.25, -0.2) is 4.79 Å². The van der Waals surface area contributed by atoms with Gasteiger partial charge in [0.1, 0.15) is 5.54 Å². The molecule has 0 bridgehead atoms. The van der Waals surface area contributed by atoms with Crippen molar-refractivity contribution in [1.29, 1.82) is 0 Å². The van der Waals surface area contributed by atoms with Gasteiger partial charge < -0.3 is 14.8 Å². The van der Waals surface area contributed by atoms with E-state index < -0.39 is 23.9 Å². The van der Waals surface area contributed by atoms with Gasteiger partial charge in [-0.3, -0.25) is 19.3 Å². The molecule has 0 aromatic heterocycles. The van der Waals surface area contributed by atoms with Crippen LogP contribution in [0.2, 0.25) is 5.02 Å². The number of benzene rings is 1. The second-order valence-corrected chi connectivity index (χ2v) is 7.61. The lowest BCUT2D eigenvalue weighted by atomic mass is 9.74. The number of carbonyl (C=O) groups is 4. The largest absolute Gasteiger partial charge is 0.425 e. The molecule has 1 fully saturated rings. The quantitative estimate of drug-likeness (QED) is 0.518. The number of ketones is 1. The van der Waals surface area contributed by atoms with Crippen molar-refractivity contribution in [3.8, 4) is 0 Å². The number of nitrogens with zero attached hydrogens (tertiary/aromatic N) is 1. The third kappa shape index (κ3) is 5.50. The molecule has 2 rings (SSSR count). The van der Waals surface area contributed by atoms with E-state index in [1.54, 1.807) is 24.3 Å². The number of nitrogens with one attached hydrogen (secondary N) is 1. The number of hydrogen-bond donors (Lipinski definition) is 1. The molecular weight excluding hydrogens is 412 g/mol. The van der Waals surface area contributed by atoms with Crippen LogP contribution in [-0.4, -0.2) is 48.5 Å². The van der Waals surface area contributed by atoms with Crippen LogP contribution in [0, 0.1) is 0 Å². The third-order valence-corrected chi connectivity index (χ3v) is 5.42. The lowest BCUT2D eigenvalue weighted by Gasteiger charge is -2.43. The molecule has 0 radical (unpaired) electrons. The van der Waals surface area contributed by atoms with E-state index in [1.807, 2.05) is 0 Å². The van der Waals surface area contributed by atoms with Crippen molar-refractivity contribution in [2.75, 3.05) is 13.6 Å². The van der Waals surface area contributed by atoms with Gasteiger partial charge in [0.05, 0.1) is 6.42 Å². The number of rotatable bonds is 7. The number of Topliss-reactive ketones (excluding diaryl/α,β-unsaturated/α-hetero) is 1. The summed E-state index contributed by atoms with van der Waals surface area (Å²) >= 11 is 6.38. The van der Waals surface area contributed by atoms with Crippen LogP contribution in [0.1, 0.15) is 51.5 Å². The number of carbonyl (C=O) groups excluding carboxylic acids is 4. The Morgan fingerprint density at radius 1 is 1.23 bits per heavy atom. The Labute approximate surface area is 180 Å². The highest BCUT2D eigenvalue weighted by Gasteiger charge is 2.48. The summed E-state index contributed by atoms with van der Waals surface area (Å²) in [5.74, 6) is -0.992. The maximum atomic E-state index is 13.0. The van der Waals surface area contributed by atoms with Crippen molar-refractivity contribution >= 4 is 35.4 Å². The van der Waals surface area contributed by atoms with Gasteiger partial charge in [0.25, 0.3) is 0 Å². The number of ether oxygens (including phenoxy) is 2. The Hall–Kier alpha value is -2.61. The number of esters is 1. The van der Waals surface area contributed by atoms with Crippen molar-refractivity contribution in [3.05, 3.63) is 34.9 Å². The summed E-state index contributed by atoms with van der Waals surface area (Å²) in [6.45, 7) is 2.87. The SMILES string of the molecule is CC(=O)NCCC(=O)OC(C)OC(=O)N(C)[C@]1(c2ccccc2Cl)CCCCC1=O. The minimum atomic E-state index is -1.23. The Kier molecular flexibility index (Phi) is 8.23. The van der Waals surface area contributed by atoms with E-state index in [-0.39, 0.29) is 24.7 Å². The van der Waals surface area contributed by atoms with Gasteiger partial charge in [-0.05, 0) is 25.3 Å². The molecule has 9 heteroatoms. The van der Waals surface area contributed by atoms with Gasteiger partial charge >= 0.3 is 12.1 Å². The van der Waals surface area contributed by atoms with Gasteiger partial charge in [-0.15, -0.1) is 0 Å². The molecule has 1 N–H and O–H groups in total. The Bertz CT molecular complexity index is 814. The lowest BCUT2D eigenvalue weighted by Crippen LogP contribution is -2.54. The van der Waals surface area contributed by atoms with E-state index in [2.05, 4.69) is 5.32 Å². The Morgan fingerprint density at radius 3 is 2.57 bits per heavy atom. The second-order valence-electron chi connectivity index (χ2n) is 7.20. The third-order valence-electron chi connectivity index (χ3n) is 5.09. The molecule has 8 nitrogen and oxygen atoms in total. The monoisotopic (exact) mass is 438 g/mol. The van der Waals surface area contributed by atoms with Crippen LogP contribution in [-0.2, 0) is 29.4 Å². The zero-order valence-electron chi connectivity index (χ0n) is 17.4. The maximum Gasteiger partial charge on any atom is 0.413 e. The van der Waals surface area contributed by atoms with Crippen LogP contribution in [0.5, 0.6) is 0 Å². The number of likely N-dealkylation sites (N-methyl/N-ethyl adjacent to an activating group) is 1. The maximum absolute atomic E-state index is 13.0. The summed E-state index contributed by atoms with van der Waals surface area (Å²) in [6.07, 6.45) is 0.236. The van der Waals surface area contributed by atoms with Crippen LogP contribution in [0.4, 0.5) is 4.79 Å². The molecule has 0 heterocycles. The molecule has 1 aromatic carbocycles. The first-order valence-corrected chi connectivity index (χ1v) is 10.2. The highest BCUT2D eigenvalue weighted by molar-refractivity contribution is 6.31. The Balaban J connectivity index is 2.11. The summed E-state index contributed by atoms with van der Waals surface area (Å²) in [4.78, 5) is 49.8. The fraction of sp³-hybridized carbons (Fsp3) is 0.524. The highest BCUT2D eigenvalue weighted by Crippen LogP contribution is 2.42. The molecule has 0 saturated heterocycles. The summed E-state index contributed by atoms with van der Waals surface area (Å²) in [5, 5.41) is 2.87. The van der Waals surface area contributed by atoms with Crippen molar-refractivity contribution < 1.29 is 28.7 Å². The van der Waals surface area contributed by atoms with E-state index in [1.165, 1.54) is 25.8 Å². The van der Waals surface area contributed by atoms with E-state index >= 15 is 0 Å². The number of halogens is 1. The van der Waals surface area contributed by atoms with Crippen LogP contribution in [0.15, 0.2) is 24.3 Å². The molecule has 1 aliphatic rings. The van der Waals surface area contributed by atoms with Crippen LogP contribution >= 0.6 is 11.6 Å². The van der Waals surface area contributed by atoms with Gasteiger partial charge in [0.15, 0.2) is 5.78 Å². The van der Waals surface area contributed by atoms with E-state index in [0.717, 1.165) is 12.8 Å². The summed E-state index contributed by atoms with van der Waals surface area (Å²) in [5.41, 5.74) is -0.682. The Morgan fingerprint density at radius 2 is 1.93 bits per heavy atom. The molecule has 1 saturated carbocycles. The average Bonchev–Trinajstić information content (AvgIpc) is 2.68.